The van der Waals surface area contributed by atoms with Crippen LogP contribution in [0.25, 0.3) is 0 Å². The first kappa shape index (κ1) is 13.1. The molecule has 7 nitrogen and oxygen atoms in total. The molecule has 1 atom stereocenters. The number of hydrogen-bond donors (Lipinski definition) is 2. The van der Waals surface area contributed by atoms with Gasteiger partial charge >= 0.3 is 0 Å². The van der Waals surface area contributed by atoms with E-state index in [-0.39, 0.29) is 13.1 Å². The molecule has 0 aliphatic heterocycles. The molecule has 0 saturated heterocycles. The summed E-state index contributed by atoms with van der Waals surface area (Å²) >= 11 is 0. The molecule has 0 fully saturated rings. The fraction of sp³-hybridized carbons (Fsp3) is 0.750. The van der Waals surface area contributed by atoms with Crippen molar-refractivity contribution in [1.29, 1.82) is 0 Å². The Morgan fingerprint density at radius 3 is 2.62 bits per heavy atom. The lowest BCUT2D eigenvalue weighted by molar-refractivity contribution is 0.449. The second kappa shape index (κ2) is 4.89. The Balaban J connectivity index is 2.76. The first-order valence-electron chi connectivity index (χ1n) is 4.91. The average Bonchev–Trinajstić information content (AvgIpc) is 2.62. The molecule has 0 saturated carbocycles. The molecule has 0 aliphatic rings. The summed E-state index contributed by atoms with van der Waals surface area (Å²) in [6.07, 6.45) is 0. The SMILES string of the molecule is Cc1nc(CN(C)S(=O)(=O)C(C)CN)n[nH]1. The Bertz CT molecular complexity index is 441. The predicted octanol–water partition coefficient (Wildman–Crippen LogP) is -0.778. The van der Waals surface area contributed by atoms with E-state index in [4.69, 9.17) is 5.73 Å². The molecule has 0 aromatic carbocycles. The fourth-order valence-electron chi connectivity index (χ4n) is 1.18. The molecule has 0 spiro atoms. The largest absolute Gasteiger partial charge is 0.329 e. The van der Waals surface area contributed by atoms with Crippen molar-refractivity contribution in [2.45, 2.75) is 25.6 Å². The smallest absolute Gasteiger partial charge is 0.218 e. The van der Waals surface area contributed by atoms with Crippen molar-refractivity contribution in [3.05, 3.63) is 11.6 Å². The van der Waals surface area contributed by atoms with Crippen molar-refractivity contribution in [3.63, 3.8) is 0 Å². The van der Waals surface area contributed by atoms with Gasteiger partial charge in [-0.3, -0.25) is 5.10 Å². The number of aromatic nitrogens is 3. The number of nitrogens with zero attached hydrogens (tertiary/aromatic N) is 3. The average molecular weight is 247 g/mol. The van der Waals surface area contributed by atoms with Crippen LogP contribution in [0.1, 0.15) is 18.6 Å². The lowest BCUT2D eigenvalue weighted by atomic mass is 10.5. The Morgan fingerprint density at radius 1 is 1.56 bits per heavy atom. The van der Waals surface area contributed by atoms with Gasteiger partial charge in [-0.1, -0.05) is 0 Å². The fourth-order valence-corrected chi connectivity index (χ4v) is 2.33. The van der Waals surface area contributed by atoms with E-state index in [1.807, 2.05) is 0 Å². The van der Waals surface area contributed by atoms with Crippen LogP contribution in [-0.2, 0) is 16.6 Å². The van der Waals surface area contributed by atoms with Crippen molar-refractivity contribution < 1.29 is 8.42 Å². The molecule has 1 rings (SSSR count). The molecule has 8 heteroatoms. The van der Waals surface area contributed by atoms with Gasteiger partial charge in [0.25, 0.3) is 0 Å². The molecule has 1 aromatic rings. The van der Waals surface area contributed by atoms with Crippen molar-refractivity contribution in [1.82, 2.24) is 19.5 Å². The van der Waals surface area contributed by atoms with Crippen LogP contribution in [0, 0.1) is 6.92 Å². The highest BCUT2D eigenvalue weighted by atomic mass is 32.2. The summed E-state index contributed by atoms with van der Waals surface area (Å²) in [5.74, 6) is 1.11. The molecule has 1 heterocycles. The van der Waals surface area contributed by atoms with E-state index in [1.54, 1.807) is 13.8 Å². The van der Waals surface area contributed by atoms with Crippen LogP contribution in [0.2, 0.25) is 0 Å². The zero-order valence-corrected chi connectivity index (χ0v) is 10.5. The Hall–Kier alpha value is -0.990. The maximum Gasteiger partial charge on any atom is 0.218 e. The Kier molecular flexibility index (Phi) is 4.00. The van der Waals surface area contributed by atoms with Crippen LogP contribution in [0.15, 0.2) is 0 Å². The Labute approximate surface area is 95.1 Å². The summed E-state index contributed by atoms with van der Waals surface area (Å²) < 4.78 is 24.9. The van der Waals surface area contributed by atoms with Gasteiger partial charge < -0.3 is 5.73 Å². The predicted molar refractivity (Wildman–Crippen MR) is 60.0 cm³/mol. The minimum absolute atomic E-state index is 0.0969. The number of H-pyrrole nitrogens is 1. The first-order chi connectivity index (χ1) is 7.37. The summed E-state index contributed by atoms with van der Waals surface area (Å²) in [7, 11) is -1.87. The van der Waals surface area contributed by atoms with Crippen LogP contribution in [-0.4, -0.2) is 46.7 Å². The summed E-state index contributed by atoms with van der Waals surface area (Å²) in [4.78, 5) is 4.05. The van der Waals surface area contributed by atoms with Crippen LogP contribution < -0.4 is 5.73 Å². The lowest BCUT2D eigenvalue weighted by Gasteiger charge is -2.19. The molecule has 0 bridgehead atoms. The molecule has 0 amide bonds. The first-order valence-corrected chi connectivity index (χ1v) is 6.41. The van der Waals surface area contributed by atoms with Crippen molar-refractivity contribution >= 4 is 10.0 Å². The number of rotatable bonds is 5. The number of aryl methyl sites for hydroxylation is 1. The molecule has 92 valence electrons. The zero-order valence-electron chi connectivity index (χ0n) is 9.64. The molecule has 3 N–H and O–H groups in total. The van der Waals surface area contributed by atoms with Crippen molar-refractivity contribution in [2.75, 3.05) is 13.6 Å². The van der Waals surface area contributed by atoms with Crippen LogP contribution in [0.3, 0.4) is 0 Å². The van der Waals surface area contributed by atoms with Gasteiger partial charge in [-0.25, -0.2) is 13.4 Å². The molecule has 1 aromatic heterocycles. The Morgan fingerprint density at radius 2 is 2.19 bits per heavy atom. The second-order valence-electron chi connectivity index (χ2n) is 3.68. The van der Waals surface area contributed by atoms with E-state index in [0.717, 1.165) is 0 Å². The number of nitrogens with one attached hydrogen (secondary N) is 1. The normalized spacial score (nSPS) is 14.3. The van der Waals surface area contributed by atoms with Gasteiger partial charge in [0.2, 0.25) is 10.0 Å². The van der Waals surface area contributed by atoms with E-state index in [1.165, 1.54) is 11.4 Å². The van der Waals surface area contributed by atoms with E-state index >= 15 is 0 Å². The minimum Gasteiger partial charge on any atom is -0.329 e. The van der Waals surface area contributed by atoms with Gasteiger partial charge in [-0.05, 0) is 13.8 Å². The highest BCUT2D eigenvalue weighted by Crippen LogP contribution is 2.08. The van der Waals surface area contributed by atoms with Gasteiger partial charge in [-0.15, -0.1) is 0 Å². The van der Waals surface area contributed by atoms with Gasteiger partial charge in [0, 0.05) is 13.6 Å². The van der Waals surface area contributed by atoms with Gasteiger partial charge in [0.05, 0.1) is 11.8 Å². The summed E-state index contributed by atoms with van der Waals surface area (Å²) in [6.45, 7) is 3.58. The topological polar surface area (TPSA) is 105 Å². The second-order valence-corrected chi connectivity index (χ2v) is 6.14. The standard InChI is InChI=1S/C8H17N5O2S/c1-6(4-9)16(14,15)13(3)5-8-10-7(2)11-12-8/h6H,4-5,9H2,1-3H3,(H,10,11,12). The maximum atomic E-state index is 11.9. The zero-order chi connectivity index (χ0) is 12.3. The van der Waals surface area contributed by atoms with Crippen molar-refractivity contribution in [3.8, 4) is 0 Å². The maximum absolute atomic E-state index is 11.9. The lowest BCUT2D eigenvalue weighted by Crippen LogP contribution is -2.38. The number of sulfonamides is 1. The third kappa shape index (κ3) is 2.77. The minimum atomic E-state index is -3.36. The summed E-state index contributed by atoms with van der Waals surface area (Å²) in [5.41, 5.74) is 5.35. The van der Waals surface area contributed by atoms with E-state index < -0.39 is 15.3 Å². The van der Waals surface area contributed by atoms with Gasteiger partial charge in [0.15, 0.2) is 5.82 Å². The molecule has 16 heavy (non-hydrogen) atoms. The monoisotopic (exact) mass is 247 g/mol. The van der Waals surface area contributed by atoms with Crippen LogP contribution in [0.4, 0.5) is 0 Å². The highest BCUT2D eigenvalue weighted by Gasteiger charge is 2.25. The van der Waals surface area contributed by atoms with Crippen molar-refractivity contribution in [2.24, 2.45) is 5.73 Å². The quantitative estimate of drug-likeness (QED) is 0.710. The molecule has 1 unspecified atom stereocenters. The molecular formula is C8H17N5O2S. The molecule has 0 aliphatic carbocycles. The third-order valence-corrected chi connectivity index (χ3v) is 4.49. The van der Waals surface area contributed by atoms with Crippen LogP contribution in [0.5, 0.6) is 0 Å². The summed E-state index contributed by atoms with van der Waals surface area (Å²) in [6, 6.07) is 0. The van der Waals surface area contributed by atoms with Gasteiger partial charge in [0.1, 0.15) is 5.82 Å². The van der Waals surface area contributed by atoms with E-state index in [9.17, 15) is 8.42 Å². The molecular weight excluding hydrogens is 230 g/mol. The van der Waals surface area contributed by atoms with E-state index in [2.05, 4.69) is 15.2 Å². The molecule has 0 radical (unpaired) electrons. The highest BCUT2D eigenvalue weighted by molar-refractivity contribution is 7.89. The van der Waals surface area contributed by atoms with Crippen LogP contribution >= 0.6 is 0 Å². The number of aromatic amines is 1. The summed E-state index contributed by atoms with van der Waals surface area (Å²) in [5, 5.41) is 5.94. The number of nitrogens with two attached hydrogens (primary N) is 1. The van der Waals surface area contributed by atoms with E-state index in [0.29, 0.717) is 11.6 Å². The third-order valence-electron chi connectivity index (χ3n) is 2.28. The van der Waals surface area contributed by atoms with Gasteiger partial charge in [-0.2, -0.15) is 9.40 Å². The number of hydrogen-bond acceptors (Lipinski definition) is 5.